The highest BCUT2D eigenvalue weighted by Crippen LogP contribution is 2.64. The molecule has 6 rings (SSSR count). The summed E-state index contributed by atoms with van der Waals surface area (Å²) in [5, 5.41) is 4.53. The molecule has 2 saturated carbocycles. The Kier molecular flexibility index (Phi) is 6.70. The van der Waals surface area contributed by atoms with Crippen molar-refractivity contribution in [1.29, 1.82) is 0 Å². The van der Waals surface area contributed by atoms with Gasteiger partial charge in [0, 0.05) is 40.5 Å². The van der Waals surface area contributed by atoms with Crippen molar-refractivity contribution in [3.05, 3.63) is 74.2 Å². The average molecular weight is 534 g/mol. The van der Waals surface area contributed by atoms with Gasteiger partial charge in [-0.3, -0.25) is 14.2 Å². The highest BCUT2D eigenvalue weighted by Gasteiger charge is 2.55. The SMILES string of the molecule is CCN(CC)c1ccc([C@@H]2c3sc(=O)n(CC(=O)Nc4ccc(C)cc4)c3S[C@@H]3[C@H]4CC[C@@H](C4)[C@@H]23)cc1. The maximum Gasteiger partial charge on any atom is 0.308 e. The topological polar surface area (TPSA) is 54.3 Å². The van der Waals surface area contributed by atoms with Gasteiger partial charge < -0.3 is 10.2 Å². The minimum absolute atomic E-state index is 0.0198. The van der Waals surface area contributed by atoms with Crippen LogP contribution in [0.4, 0.5) is 11.4 Å². The summed E-state index contributed by atoms with van der Waals surface area (Å²) in [6.45, 7) is 8.45. The van der Waals surface area contributed by atoms with Crippen molar-refractivity contribution in [2.75, 3.05) is 23.3 Å². The van der Waals surface area contributed by atoms with Gasteiger partial charge in [0.05, 0.1) is 5.03 Å². The van der Waals surface area contributed by atoms with E-state index < -0.39 is 0 Å². The molecule has 7 heteroatoms. The van der Waals surface area contributed by atoms with Crippen LogP contribution in [0.2, 0.25) is 0 Å². The zero-order chi connectivity index (χ0) is 25.7. The Morgan fingerprint density at radius 2 is 1.73 bits per heavy atom. The van der Waals surface area contributed by atoms with E-state index in [1.54, 1.807) is 4.57 Å². The molecule has 2 fully saturated rings. The Morgan fingerprint density at radius 1 is 1.03 bits per heavy atom. The van der Waals surface area contributed by atoms with Crippen LogP contribution in [-0.4, -0.2) is 28.8 Å². The maximum absolute atomic E-state index is 13.3. The summed E-state index contributed by atoms with van der Waals surface area (Å²) in [5.41, 5.74) is 4.48. The molecule has 3 aliphatic rings. The molecule has 3 aromatic rings. The monoisotopic (exact) mass is 533 g/mol. The Hall–Kier alpha value is -2.51. The fourth-order valence-electron chi connectivity index (χ4n) is 6.92. The van der Waals surface area contributed by atoms with Crippen LogP contribution in [-0.2, 0) is 11.3 Å². The molecule has 2 aliphatic carbocycles. The van der Waals surface area contributed by atoms with E-state index in [1.165, 1.54) is 46.7 Å². The van der Waals surface area contributed by atoms with Crippen LogP contribution in [0.25, 0.3) is 0 Å². The van der Waals surface area contributed by atoms with Crippen molar-refractivity contribution in [3.63, 3.8) is 0 Å². The van der Waals surface area contributed by atoms with Crippen molar-refractivity contribution in [1.82, 2.24) is 4.57 Å². The normalized spacial score (nSPS) is 25.5. The van der Waals surface area contributed by atoms with Gasteiger partial charge in [-0.15, -0.1) is 11.8 Å². The van der Waals surface area contributed by atoms with E-state index in [0.29, 0.717) is 11.2 Å². The summed E-state index contributed by atoms with van der Waals surface area (Å²) in [6.07, 6.45) is 3.91. The van der Waals surface area contributed by atoms with E-state index in [4.69, 9.17) is 0 Å². The second kappa shape index (κ2) is 9.99. The van der Waals surface area contributed by atoms with Crippen molar-refractivity contribution in [2.24, 2.45) is 17.8 Å². The lowest BCUT2D eigenvalue weighted by atomic mass is 9.75. The lowest BCUT2D eigenvalue weighted by molar-refractivity contribution is -0.116. The number of amides is 1. The average Bonchev–Trinajstić information content (AvgIpc) is 3.60. The minimum Gasteiger partial charge on any atom is -0.372 e. The van der Waals surface area contributed by atoms with Crippen LogP contribution >= 0.6 is 23.1 Å². The number of thioether (sulfide) groups is 1. The summed E-state index contributed by atoms with van der Waals surface area (Å²) in [4.78, 5) is 29.8. The third kappa shape index (κ3) is 4.44. The van der Waals surface area contributed by atoms with Gasteiger partial charge >= 0.3 is 4.87 Å². The lowest BCUT2D eigenvalue weighted by Crippen LogP contribution is -2.35. The lowest BCUT2D eigenvalue weighted by Gasteiger charge is -2.40. The number of nitrogens with zero attached hydrogens (tertiary/aromatic N) is 2. The van der Waals surface area contributed by atoms with Gasteiger partial charge in [0.25, 0.3) is 0 Å². The van der Waals surface area contributed by atoms with Crippen molar-refractivity contribution in [2.45, 2.75) is 62.8 Å². The number of fused-ring (bicyclic) bond motifs is 6. The standard InChI is InChI=1S/C30H35N3O2S2/c1-4-32(5-2)23-14-10-19(11-15-23)25-26-20-8-9-21(16-20)27(26)36-29-28(25)37-30(35)33(29)17-24(34)31-22-12-6-18(3)7-13-22/h6-7,10-15,20-21,25-27H,4-5,8-9,16-17H2,1-3H3,(H,31,34)/t20-,21-,25-,26-,27+/m0/s1. The zero-order valence-electron chi connectivity index (χ0n) is 21.8. The first kappa shape index (κ1) is 24.8. The number of hydrogen-bond acceptors (Lipinski definition) is 5. The van der Waals surface area contributed by atoms with Gasteiger partial charge in [0.15, 0.2) is 0 Å². The summed E-state index contributed by atoms with van der Waals surface area (Å²) >= 11 is 3.25. The fraction of sp³-hybridized carbons (Fsp3) is 0.467. The Balaban J connectivity index is 1.34. The molecule has 0 unspecified atom stereocenters. The smallest absolute Gasteiger partial charge is 0.308 e. The second-order valence-corrected chi connectivity index (χ2v) is 12.9. The van der Waals surface area contributed by atoms with E-state index in [2.05, 4.69) is 48.3 Å². The summed E-state index contributed by atoms with van der Waals surface area (Å²) in [6, 6.07) is 16.9. The van der Waals surface area contributed by atoms with Crippen LogP contribution in [0.5, 0.6) is 0 Å². The van der Waals surface area contributed by atoms with E-state index in [9.17, 15) is 9.59 Å². The molecule has 0 spiro atoms. The van der Waals surface area contributed by atoms with Crippen LogP contribution in [0.1, 0.15) is 55.0 Å². The number of rotatable bonds is 7. The van der Waals surface area contributed by atoms with Crippen LogP contribution in [0.3, 0.4) is 0 Å². The number of anilines is 2. The van der Waals surface area contributed by atoms with Crippen LogP contribution < -0.4 is 15.1 Å². The predicted octanol–water partition coefficient (Wildman–Crippen LogP) is 6.36. The molecule has 1 N–H and O–H groups in total. The van der Waals surface area contributed by atoms with Gasteiger partial charge in [-0.2, -0.15) is 0 Å². The summed E-state index contributed by atoms with van der Waals surface area (Å²) in [5.74, 6) is 2.11. The molecule has 37 heavy (non-hydrogen) atoms. The Morgan fingerprint density at radius 3 is 2.43 bits per heavy atom. The molecule has 2 bridgehead atoms. The molecule has 0 saturated heterocycles. The number of carbonyl (C=O) groups excluding carboxylic acids is 1. The zero-order valence-corrected chi connectivity index (χ0v) is 23.4. The van der Waals surface area contributed by atoms with Gasteiger partial charge in [0.2, 0.25) is 5.91 Å². The van der Waals surface area contributed by atoms with Crippen molar-refractivity contribution < 1.29 is 4.79 Å². The number of thiazole rings is 1. The molecule has 194 valence electrons. The third-order valence-electron chi connectivity index (χ3n) is 8.71. The quantitative estimate of drug-likeness (QED) is 0.384. The van der Waals surface area contributed by atoms with E-state index in [1.807, 2.05) is 43.0 Å². The minimum atomic E-state index is -0.151. The number of benzene rings is 2. The number of aryl methyl sites for hydroxylation is 1. The van der Waals surface area contributed by atoms with Crippen molar-refractivity contribution >= 4 is 40.4 Å². The first-order valence-corrected chi connectivity index (χ1v) is 15.3. The molecule has 2 heterocycles. The fourth-order valence-corrected chi connectivity index (χ4v) is 10.1. The summed E-state index contributed by atoms with van der Waals surface area (Å²) in [7, 11) is 0. The highest BCUT2D eigenvalue weighted by atomic mass is 32.2. The largest absolute Gasteiger partial charge is 0.372 e. The second-order valence-electron chi connectivity index (χ2n) is 10.8. The first-order chi connectivity index (χ1) is 18.0. The van der Waals surface area contributed by atoms with E-state index in [-0.39, 0.29) is 23.2 Å². The van der Waals surface area contributed by atoms with Crippen molar-refractivity contribution in [3.8, 4) is 0 Å². The number of nitrogens with one attached hydrogen (secondary N) is 1. The molecule has 1 amide bonds. The van der Waals surface area contributed by atoms with Gasteiger partial charge in [0.1, 0.15) is 6.54 Å². The third-order valence-corrected chi connectivity index (χ3v) is 11.5. The molecule has 5 atom stereocenters. The van der Waals surface area contributed by atoms with Crippen LogP contribution in [0.15, 0.2) is 58.4 Å². The number of carbonyl (C=O) groups is 1. The number of hydrogen-bond donors (Lipinski definition) is 1. The first-order valence-electron chi connectivity index (χ1n) is 13.6. The maximum atomic E-state index is 13.3. The van der Waals surface area contributed by atoms with Gasteiger partial charge in [-0.25, -0.2) is 0 Å². The van der Waals surface area contributed by atoms with Gasteiger partial charge in [-0.05, 0) is 87.6 Å². The molecule has 2 aromatic carbocycles. The number of aromatic nitrogens is 1. The highest BCUT2D eigenvalue weighted by molar-refractivity contribution is 8.00. The molecule has 0 radical (unpaired) electrons. The van der Waals surface area contributed by atoms with E-state index >= 15 is 0 Å². The molecule has 1 aromatic heterocycles. The molecule has 5 nitrogen and oxygen atoms in total. The molecular weight excluding hydrogens is 498 g/mol. The van der Waals surface area contributed by atoms with Crippen LogP contribution in [0, 0.1) is 24.7 Å². The van der Waals surface area contributed by atoms with E-state index in [0.717, 1.165) is 41.2 Å². The molecule has 1 aliphatic heterocycles. The molecular formula is C30H35N3O2S2. The predicted molar refractivity (Wildman–Crippen MR) is 154 cm³/mol. The van der Waals surface area contributed by atoms with Gasteiger partial charge in [-0.1, -0.05) is 41.2 Å². The Labute approximate surface area is 227 Å². The Bertz CT molecular complexity index is 1340. The summed E-state index contributed by atoms with van der Waals surface area (Å²) < 4.78 is 1.74.